The molecule has 0 saturated heterocycles. The Balaban J connectivity index is 5.05. The Hall–Kier alpha value is -0.200. The van der Waals surface area contributed by atoms with E-state index in [-0.39, 0.29) is 0 Å². The summed E-state index contributed by atoms with van der Waals surface area (Å²) in [6.45, 7) is 14.9. The molecule has 0 spiro atoms. The Morgan fingerprint density at radius 3 is 2.05 bits per heavy atom. The van der Waals surface area contributed by atoms with Crippen molar-refractivity contribution in [2.45, 2.75) is 72.8 Å². The van der Waals surface area contributed by atoms with Crippen molar-refractivity contribution in [1.29, 1.82) is 5.26 Å². The first-order chi connectivity index (χ1) is 10.2. The molecule has 0 aromatic heterocycles. The van der Waals surface area contributed by atoms with Gasteiger partial charge in [-0.3, -0.25) is 0 Å². The highest BCUT2D eigenvalue weighted by atomic mass is 31.2. The standard InChI is InChI=1S/C16H34N3OP/c1-6-12-18(13-7-2)21(20-15-10-11-17)19(14-8-3)16(5)9-4/h16H,6-10,12-15H2,1-5H3. The van der Waals surface area contributed by atoms with Crippen LogP contribution in [0, 0.1) is 11.3 Å². The molecule has 0 aliphatic heterocycles. The van der Waals surface area contributed by atoms with E-state index in [1.54, 1.807) is 0 Å². The molecule has 0 aromatic rings. The van der Waals surface area contributed by atoms with E-state index >= 15 is 0 Å². The zero-order chi connectivity index (χ0) is 16.1. The third kappa shape index (κ3) is 8.12. The van der Waals surface area contributed by atoms with Gasteiger partial charge in [-0.2, -0.15) is 5.26 Å². The minimum Gasteiger partial charge on any atom is -0.330 e. The van der Waals surface area contributed by atoms with Crippen LogP contribution in [0.2, 0.25) is 0 Å². The van der Waals surface area contributed by atoms with Gasteiger partial charge in [0.05, 0.1) is 19.1 Å². The van der Waals surface area contributed by atoms with Crippen LogP contribution in [-0.2, 0) is 4.52 Å². The molecule has 21 heavy (non-hydrogen) atoms. The van der Waals surface area contributed by atoms with E-state index in [0.717, 1.165) is 45.3 Å². The highest BCUT2D eigenvalue weighted by Gasteiger charge is 2.28. The number of hydrogen-bond donors (Lipinski definition) is 0. The Kier molecular flexibility index (Phi) is 13.3. The van der Waals surface area contributed by atoms with Gasteiger partial charge >= 0.3 is 0 Å². The van der Waals surface area contributed by atoms with Crippen LogP contribution >= 0.6 is 8.45 Å². The highest BCUT2D eigenvalue weighted by Crippen LogP contribution is 2.47. The van der Waals surface area contributed by atoms with Gasteiger partial charge in [-0.1, -0.05) is 27.7 Å². The van der Waals surface area contributed by atoms with Crippen LogP contribution in [0.1, 0.15) is 66.7 Å². The van der Waals surface area contributed by atoms with Crippen molar-refractivity contribution < 1.29 is 4.52 Å². The van der Waals surface area contributed by atoms with Crippen LogP contribution in [-0.4, -0.2) is 41.6 Å². The fraction of sp³-hybridized carbons (Fsp3) is 0.938. The Bertz CT molecular complexity index is 277. The first kappa shape index (κ1) is 20.8. The van der Waals surface area contributed by atoms with Gasteiger partial charge in [0.15, 0.2) is 8.45 Å². The maximum absolute atomic E-state index is 8.77. The summed E-state index contributed by atoms with van der Waals surface area (Å²) < 4.78 is 11.2. The maximum atomic E-state index is 8.77. The molecule has 0 aromatic carbocycles. The molecule has 0 radical (unpaired) electrons. The van der Waals surface area contributed by atoms with Crippen molar-refractivity contribution in [3.8, 4) is 6.07 Å². The normalized spacial score (nSPS) is 14.4. The smallest absolute Gasteiger partial charge is 0.188 e. The van der Waals surface area contributed by atoms with Crippen LogP contribution in [0.3, 0.4) is 0 Å². The molecule has 0 aliphatic rings. The molecule has 2 unspecified atom stereocenters. The second kappa shape index (κ2) is 13.5. The van der Waals surface area contributed by atoms with E-state index in [1.807, 2.05) is 0 Å². The molecule has 0 aliphatic carbocycles. The largest absolute Gasteiger partial charge is 0.330 e. The van der Waals surface area contributed by atoms with E-state index in [2.05, 4.69) is 50.0 Å². The SMILES string of the molecule is CCCN(CCC)P(OCCC#N)N(CCC)C(C)CC. The Morgan fingerprint density at radius 1 is 1.05 bits per heavy atom. The number of rotatable bonds is 13. The monoisotopic (exact) mass is 315 g/mol. The Morgan fingerprint density at radius 2 is 1.62 bits per heavy atom. The van der Waals surface area contributed by atoms with E-state index < -0.39 is 8.45 Å². The lowest BCUT2D eigenvalue weighted by atomic mass is 10.2. The molecule has 5 heteroatoms. The second-order valence-corrected chi connectivity index (χ2v) is 7.21. The van der Waals surface area contributed by atoms with Crippen LogP contribution in [0.5, 0.6) is 0 Å². The van der Waals surface area contributed by atoms with Crippen LogP contribution in [0.4, 0.5) is 0 Å². The number of nitriles is 1. The molecule has 0 saturated carbocycles. The maximum Gasteiger partial charge on any atom is 0.188 e. The summed E-state index contributed by atoms with van der Waals surface area (Å²) in [5.74, 6) is 0. The van der Waals surface area contributed by atoms with Gasteiger partial charge in [0.25, 0.3) is 0 Å². The van der Waals surface area contributed by atoms with E-state index in [4.69, 9.17) is 9.79 Å². The van der Waals surface area contributed by atoms with Gasteiger partial charge in [0.1, 0.15) is 0 Å². The molecular formula is C16H34N3OP. The predicted octanol–water partition coefficient (Wildman–Crippen LogP) is 4.78. The fourth-order valence-corrected chi connectivity index (χ4v) is 4.71. The van der Waals surface area contributed by atoms with Gasteiger partial charge in [-0.15, -0.1) is 0 Å². The number of hydrogen-bond acceptors (Lipinski definition) is 4. The second-order valence-electron chi connectivity index (χ2n) is 5.37. The van der Waals surface area contributed by atoms with Gasteiger partial charge in [0.2, 0.25) is 0 Å². The van der Waals surface area contributed by atoms with Gasteiger partial charge in [0, 0.05) is 25.7 Å². The third-order valence-corrected chi connectivity index (χ3v) is 5.73. The molecular weight excluding hydrogens is 281 g/mol. The van der Waals surface area contributed by atoms with Crippen molar-refractivity contribution in [3.63, 3.8) is 0 Å². The van der Waals surface area contributed by atoms with Crippen molar-refractivity contribution in [2.24, 2.45) is 0 Å². The number of nitrogens with zero attached hydrogens (tertiary/aromatic N) is 3. The lowest BCUT2D eigenvalue weighted by Gasteiger charge is -2.40. The first-order valence-electron chi connectivity index (χ1n) is 8.47. The molecule has 0 heterocycles. The summed E-state index contributed by atoms with van der Waals surface area (Å²) in [7, 11) is -0.746. The van der Waals surface area contributed by atoms with Crippen LogP contribution in [0.25, 0.3) is 0 Å². The first-order valence-corrected chi connectivity index (χ1v) is 9.63. The van der Waals surface area contributed by atoms with E-state index in [0.29, 0.717) is 19.1 Å². The van der Waals surface area contributed by atoms with E-state index in [9.17, 15) is 0 Å². The van der Waals surface area contributed by atoms with E-state index in [1.165, 1.54) is 0 Å². The summed E-state index contributed by atoms with van der Waals surface area (Å²) in [5.41, 5.74) is 0. The molecule has 2 atom stereocenters. The van der Waals surface area contributed by atoms with Crippen molar-refractivity contribution in [1.82, 2.24) is 9.34 Å². The third-order valence-electron chi connectivity index (χ3n) is 3.40. The van der Waals surface area contributed by atoms with Gasteiger partial charge in [-0.25, -0.2) is 9.34 Å². The predicted molar refractivity (Wildman–Crippen MR) is 92.0 cm³/mol. The summed E-state index contributed by atoms with van der Waals surface area (Å²) in [6.07, 6.45) is 5.02. The van der Waals surface area contributed by atoms with Crippen molar-refractivity contribution >= 4 is 8.45 Å². The molecule has 0 bridgehead atoms. The highest BCUT2D eigenvalue weighted by molar-refractivity contribution is 7.47. The Labute approximate surface area is 133 Å². The van der Waals surface area contributed by atoms with Crippen LogP contribution in [0.15, 0.2) is 0 Å². The average Bonchev–Trinajstić information content (AvgIpc) is 2.49. The summed E-state index contributed by atoms with van der Waals surface area (Å²) >= 11 is 0. The van der Waals surface area contributed by atoms with Crippen molar-refractivity contribution in [3.05, 3.63) is 0 Å². The van der Waals surface area contributed by atoms with Crippen molar-refractivity contribution in [2.75, 3.05) is 26.2 Å². The summed E-state index contributed by atoms with van der Waals surface area (Å²) in [6, 6.07) is 2.71. The summed E-state index contributed by atoms with van der Waals surface area (Å²) in [5, 5.41) is 8.77. The summed E-state index contributed by atoms with van der Waals surface area (Å²) in [4.78, 5) is 0. The molecule has 4 nitrogen and oxygen atoms in total. The fourth-order valence-electron chi connectivity index (χ4n) is 2.20. The minimum atomic E-state index is -0.746. The zero-order valence-electron chi connectivity index (χ0n) is 14.6. The van der Waals surface area contributed by atoms with Crippen LogP contribution < -0.4 is 0 Å². The lowest BCUT2D eigenvalue weighted by molar-refractivity contribution is 0.230. The molecule has 0 fully saturated rings. The molecule has 0 amide bonds. The average molecular weight is 315 g/mol. The van der Waals surface area contributed by atoms with Gasteiger partial charge in [-0.05, 0) is 32.6 Å². The minimum absolute atomic E-state index is 0.478. The van der Waals surface area contributed by atoms with Gasteiger partial charge < -0.3 is 4.52 Å². The molecule has 124 valence electrons. The lowest BCUT2D eigenvalue weighted by Crippen LogP contribution is -2.36. The molecule has 0 rings (SSSR count). The quantitative estimate of drug-likeness (QED) is 0.362. The zero-order valence-corrected chi connectivity index (χ0v) is 15.5. The molecule has 0 N–H and O–H groups in total. The topological polar surface area (TPSA) is 39.5 Å².